The molecule has 1 heterocycles. The average molecular weight is 704 g/mol. The molecule has 0 radical (unpaired) electrons. The topological polar surface area (TPSA) is 170 Å². The van der Waals surface area contributed by atoms with Crippen LogP contribution in [0.3, 0.4) is 0 Å². The molecule has 3 aromatic carbocycles. The Morgan fingerprint density at radius 2 is 1.47 bits per heavy atom. The van der Waals surface area contributed by atoms with E-state index in [0.29, 0.717) is 22.7 Å². The van der Waals surface area contributed by atoms with Crippen LogP contribution >= 0.6 is 11.3 Å². The molecule has 4 N–H and O–H groups in total. The quantitative estimate of drug-likeness (QED) is 0.122. The minimum Gasteiger partial charge on any atom is -0.481 e. The number of aryl methyl sites for hydroxylation is 3. The molecular weight excluding hydrogens is 667 g/mol. The van der Waals surface area contributed by atoms with Gasteiger partial charge in [0.1, 0.15) is 5.00 Å². The molecule has 0 aliphatic heterocycles. The molecule has 0 unspecified atom stereocenters. The molecule has 0 saturated carbocycles. The Kier molecular flexibility index (Phi) is 11.3. The lowest BCUT2D eigenvalue weighted by Gasteiger charge is -2.17. The van der Waals surface area contributed by atoms with E-state index >= 15 is 0 Å². The minimum atomic E-state index is -3.97. The molecule has 0 spiro atoms. The highest BCUT2D eigenvalue weighted by atomic mass is 32.2. The summed E-state index contributed by atoms with van der Waals surface area (Å²) in [5, 5.41) is 24.2. The fourth-order valence-corrected chi connectivity index (χ4v) is 8.21. The normalized spacial score (nSPS) is 12.7. The Bertz CT molecular complexity index is 1970. The molecule has 0 fully saturated rings. The molecule has 1 aliphatic carbocycles. The Morgan fingerprint density at radius 1 is 0.816 bits per heavy atom. The maximum atomic E-state index is 13.7. The van der Waals surface area contributed by atoms with Crippen molar-refractivity contribution in [1.29, 1.82) is 0 Å². The zero-order valence-corrected chi connectivity index (χ0v) is 28.5. The second kappa shape index (κ2) is 15.6. The third-order valence-electron chi connectivity index (χ3n) is 8.41. The number of amides is 2. The van der Waals surface area contributed by atoms with Crippen LogP contribution in [0.15, 0.2) is 77.7 Å². The van der Waals surface area contributed by atoms with Crippen molar-refractivity contribution < 1.29 is 37.8 Å². The molecule has 11 nitrogen and oxygen atoms in total. The summed E-state index contributed by atoms with van der Waals surface area (Å²) in [7, 11) is -2.61. The van der Waals surface area contributed by atoms with Crippen molar-refractivity contribution in [3.63, 3.8) is 0 Å². The number of nitrogens with zero attached hydrogens (tertiary/aromatic N) is 1. The van der Waals surface area contributed by atoms with Crippen molar-refractivity contribution in [3.8, 4) is 0 Å². The van der Waals surface area contributed by atoms with Gasteiger partial charge in [0, 0.05) is 36.1 Å². The average Bonchev–Trinajstić information content (AvgIpc) is 3.45. The number of sulfonamides is 1. The summed E-state index contributed by atoms with van der Waals surface area (Å²) in [4.78, 5) is 50.1. The summed E-state index contributed by atoms with van der Waals surface area (Å²) in [6, 6.07) is 19.9. The van der Waals surface area contributed by atoms with Gasteiger partial charge in [-0.3, -0.25) is 14.4 Å². The number of carboxylic acids is 2. The number of hydrogen-bond acceptors (Lipinski definition) is 7. The van der Waals surface area contributed by atoms with Gasteiger partial charge in [-0.25, -0.2) is 17.5 Å². The molecule has 0 atom stereocenters. The summed E-state index contributed by atoms with van der Waals surface area (Å²) in [5.74, 6) is -2.88. The lowest BCUT2D eigenvalue weighted by atomic mass is 9.95. The number of carbonyl (C=O) groups is 4. The van der Waals surface area contributed by atoms with E-state index in [1.54, 1.807) is 24.3 Å². The van der Waals surface area contributed by atoms with E-state index in [-0.39, 0.29) is 41.3 Å². The number of thiophene rings is 1. The van der Waals surface area contributed by atoms with Gasteiger partial charge in [-0.1, -0.05) is 30.3 Å². The van der Waals surface area contributed by atoms with Gasteiger partial charge in [-0.05, 0) is 104 Å². The summed E-state index contributed by atoms with van der Waals surface area (Å²) < 4.78 is 27.3. The van der Waals surface area contributed by atoms with E-state index in [0.717, 1.165) is 58.0 Å². The Balaban J connectivity index is 1.28. The maximum absolute atomic E-state index is 13.7. The van der Waals surface area contributed by atoms with Crippen LogP contribution < -0.4 is 10.6 Å². The number of aliphatic carboxylic acids is 1. The van der Waals surface area contributed by atoms with Crippen LogP contribution in [0.5, 0.6) is 0 Å². The third-order valence-corrected chi connectivity index (χ3v) is 11.5. The van der Waals surface area contributed by atoms with Crippen LogP contribution in [0.2, 0.25) is 0 Å². The van der Waals surface area contributed by atoms with Crippen molar-refractivity contribution in [2.75, 3.05) is 24.2 Å². The maximum Gasteiger partial charge on any atom is 0.335 e. The molecular formula is C36H37N3O8S2. The fraction of sp³-hybridized carbons (Fsp3) is 0.278. The van der Waals surface area contributed by atoms with Crippen LogP contribution in [0, 0.1) is 0 Å². The predicted molar refractivity (Wildman–Crippen MR) is 187 cm³/mol. The van der Waals surface area contributed by atoms with Gasteiger partial charge in [0.25, 0.3) is 11.8 Å². The van der Waals surface area contributed by atoms with Crippen LogP contribution in [0.1, 0.15) is 78.3 Å². The molecule has 49 heavy (non-hydrogen) atoms. The van der Waals surface area contributed by atoms with E-state index in [9.17, 15) is 27.6 Å². The van der Waals surface area contributed by atoms with Gasteiger partial charge in [-0.2, -0.15) is 0 Å². The molecule has 5 rings (SSSR count). The molecule has 256 valence electrons. The smallest absolute Gasteiger partial charge is 0.335 e. The minimum absolute atomic E-state index is 0.0115. The summed E-state index contributed by atoms with van der Waals surface area (Å²) in [6.07, 6.45) is 4.85. The number of rotatable bonds is 14. The number of aromatic carboxylic acids is 1. The van der Waals surface area contributed by atoms with Gasteiger partial charge in [-0.15, -0.1) is 11.3 Å². The SMILES string of the molecule is CN(CCCC(=O)O)S(=O)(=O)c1cccc(C(=O)Nc2sc3c(c2C(=O)Nc2ccc(CCc4ccc(C(=O)O)cc4)cc2)CCCC3)c1. The monoisotopic (exact) mass is 703 g/mol. The second-order valence-electron chi connectivity index (χ2n) is 11.9. The van der Waals surface area contributed by atoms with Crippen LogP contribution in [0.4, 0.5) is 10.7 Å². The highest BCUT2D eigenvalue weighted by Crippen LogP contribution is 2.39. The first-order valence-corrected chi connectivity index (χ1v) is 18.1. The van der Waals surface area contributed by atoms with Crippen molar-refractivity contribution >= 4 is 55.8 Å². The van der Waals surface area contributed by atoms with Crippen LogP contribution in [0.25, 0.3) is 0 Å². The largest absolute Gasteiger partial charge is 0.481 e. The van der Waals surface area contributed by atoms with Crippen molar-refractivity contribution in [2.45, 2.75) is 56.3 Å². The Hall–Kier alpha value is -4.85. The standard InChI is InChI=1S/C36H37N3O8S2/c1-39(21-5-10-31(40)41)49(46,47)28-7-4-6-26(22-28)33(42)38-35-32(29-8-2-3-9-30(29)48-35)34(43)37-27-19-15-24(16-20-27)12-11-23-13-17-25(18-14-23)36(44)45/h4,6-7,13-20,22H,2-3,5,8-12,21H2,1H3,(H,37,43)(H,38,42)(H,40,41)(H,44,45). The van der Waals surface area contributed by atoms with Crippen LogP contribution in [-0.4, -0.2) is 60.3 Å². The molecule has 13 heteroatoms. The van der Waals surface area contributed by atoms with E-state index in [4.69, 9.17) is 10.2 Å². The van der Waals surface area contributed by atoms with E-state index < -0.39 is 27.9 Å². The van der Waals surface area contributed by atoms with E-state index in [1.807, 2.05) is 24.3 Å². The summed E-state index contributed by atoms with van der Waals surface area (Å²) in [6.45, 7) is 0.0115. The van der Waals surface area contributed by atoms with Gasteiger partial charge in [0.05, 0.1) is 16.0 Å². The highest BCUT2D eigenvalue weighted by Gasteiger charge is 2.28. The number of fused-ring (bicyclic) bond motifs is 1. The second-order valence-corrected chi connectivity index (χ2v) is 15.0. The van der Waals surface area contributed by atoms with Crippen molar-refractivity contribution in [3.05, 3.63) is 111 Å². The molecule has 0 bridgehead atoms. The Morgan fingerprint density at radius 3 is 2.12 bits per heavy atom. The fourth-order valence-electron chi connectivity index (χ4n) is 5.67. The highest BCUT2D eigenvalue weighted by molar-refractivity contribution is 7.89. The first-order chi connectivity index (χ1) is 23.4. The molecule has 2 amide bonds. The Labute approximate surface area is 288 Å². The number of anilines is 2. The zero-order valence-electron chi connectivity index (χ0n) is 26.9. The summed E-state index contributed by atoms with van der Waals surface area (Å²) >= 11 is 1.36. The molecule has 1 aromatic heterocycles. The lowest BCUT2D eigenvalue weighted by molar-refractivity contribution is -0.137. The third kappa shape index (κ3) is 8.79. The number of carboxylic acid groups (broad SMARTS) is 2. The van der Waals surface area contributed by atoms with Gasteiger partial charge >= 0.3 is 11.9 Å². The zero-order chi connectivity index (χ0) is 35.1. The molecule has 1 aliphatic rings. The lowest BCUT2D eigenvalue weighted by Crippen LogP contribution is -2.28. The van der Waals surface area contributed by atoms with Crippen LogP contribution in [-0.2, 0) is 40.5 Å². The summed E-state index contributed by atoms with van der Waals surface area (Å²) in [5.41, 5.74) is 4.33. The first-order valence-electron chi connectivity index (χ1n) is 15.9. The molecule has 0 saturated heterocycles. The number of nitrogens with one attached hydrogen (secondary N) is 2. The van der Waals surface area contributed by atoms with Crippen molar-refractivity contribution in [2.24, 2.45) is 0 Å². The van der Waals surface area contributed by atoms with Crippen molar-refractivity contribution in [1.82, 2.24) is 4.31 Å². The first kappa shape index (κ1) is 35.5. The molecule has 4 aromatic rings. The van der Waals surface area contributed by atoms with Gasteiger partial charge in [0.15, 0.2) is 0 Å². The van der Waals surface area contributed by atoms with Gasteiger partial charge < -0.3 is 20.8 Å². The number of benzene rings is 3. The van der Waals surface area contributed by atoms with E-state index in [2.05, 4.69) is 10.6 Å². The predicted octanol–water partition coefficient (Wildman–Crippen LogP) is 6.10. The van der Waals surface area contributed by atoms with Gasteiger partial charge in [0.2, 0.25) is 10.0 Å². The number of hydrogen-bond donors (Lipinski definition) is 4. The number of carbonyl (C=O) groups excluding carboxylic acids is 2. The van der Waals surface area contributed by atoms with E-state index in [1.165, 1.54) is 42.6 Å².